The number of hydrogen-bond donors (Lipinski definition) is 3. The molecule has 2 fully saturated rings. The zero-order valence-corrected chi connectivity index (χ0v) is 29.3. The number of anilines is 2. The van der Waals surface area contributed by atoms with Crippen LogP contribution in [-0.4, -0.2) is 73.2 Å². The van der Waals surface area contributed by atoms with Crippen molar-refractivity contribution in [1.82, 2.24) is 24.8 Å². The molecule has 0 amide bonds. The second-order valence-electron chi connectivity index (χ2n) is 14.4. The molecule has 264 valence electrons. The lowest BCUT2D eigenvalue weighted by molar-refractivity contribution is -0.141. The number of β-amino-alcohol motifs (C(OH)–C–C–N with tert-alkyl or cyclic N) is 1. The fourth-order valence-corrected chi connectivity index (χ4v) is 7.99. The Kier molecular flexibility index (Phi) is 9.05. The number of oxazole rings is 1. The van der Waals surface area contributed by atoms with E-state index in [1.165, 1.54) is 0 Å². The number of rotatable bonds is 9. The molecule has 5 aromatic rings. The number of benzene rings is 2. The summed E-state index contributed by atoms with van der Waals surface area (Å²) in [7, 11) is 0. The molecule has 8 rings (SSSR count). The van der Waals surface area contributed by atoms with Crippen molar-refractivity contribution in [3.8, 4) is 6.07 Å². The van der Waals surface area contributed by atoms with Gasteiger partial charge in [0.05, 0.1) is 23.5 Å². The molecule has 11 heteroatoms. The van der Waals surface area contributed by atoms with Crippen LogP contribution in [0.5, 0.6) is 0 Å². The summed E-state index contributed by atoms with van der Waals surface area (Å²) < 4.78 is 6.34. The number of carboxylic acids is 1. The number of aromatic nitrogens is 3. The predicted octanol–water partition coefficient (Wildman–Crippen LogP) is 6.54. The number of nitrogens with zero attached hydrogens (tertiary/aromatic N) is 6. The molecular weight excluding hydrogens is 654 g/mol. The smallest absolute Gasteiger partial charge is 0.307 e. The molecule has 3 aliphatic rings. The SMILES string of the molecule is Cc1c(Nc2nccc3cc(CN4CC[C@@H](O)C4)cnc23)cccc1C1=CC=CC(c2nc3cc(CN4CC[C@@H](C(=O)O)C4)cc(C#N)c3o2)C1C. The molecule has 1 aliphatic carbocycles. The highest BCUT2D eigenvalue weighted by Crippen LogP contribution is 2.42. The predicted molar refractivity (Wildman–Crippen MR) is 199 cm³/mol. The Morgan fingerprint density at radius 3 is 2.69 bits per heavy atom. The number of hydrogen-bond acceptors (Lipinski definition) is 10. The van der Waals surface area contributed by atoms with E-state index in [9.17, 15) is 20.3 Å². The highest BCUT2D eigenvalue weighted by atomic mass is 16.4. The number of fused-ring (bicyclic) bond motifs is 2. The molecule has 0 bridgehead atoms. The fraction of sp³-hybridized carbons (Fsp3) is 0.341. The van der Waals surface area contributed by atoms with Gasteiger partial charge in [-0.1, -0.05) is 37.3 Å². The Hall–Kier alpha value is -5.41. The topological polar surface area (TPSA) is 152 Å². The largest absolute Gasteiger partial charge is 0.481 e. The maximum atomic E-state index is 11.5. The Balaban J connectivity index is 1.02. The van der Waals surface area contributed by atoms with Gasteiger partial charge in [0.25, 0.3) is 0 Å². The minimum Gasteiger partial charge on any atom is -0.481 e. The summed E-state index contributed by atoms with van der Waals surface area (Å²) in [5, 5.41) is 33.9. The lowest BCUT2D eigenvalue weighted by Gasteiger charge is -2.26. The van der Waals surface area contributed by atoms with E-state index >= 15 is 0 Å². The lowest BCUT2D eigenvalue weighted by Crippen LogP contribution is -2.22. The monoisotopic (exact) mass is 695 g/mol. The molecular formula is C41H41N7O4. The summed E-state index contributed by atoms with van der Waals surface area (Å²) in [4.78, 5) is 30.2. The van der Waals surface area contributed by atoms with Crippen LogP contribution in [0.3, 0.4) is 0 Å². The Bertz CT molecular complexity index is 2290. The molecule has 2 aliphatic heterocycles. The third-order valence-corrected chi connectivity index (χ3v) is 10.8. The fourth-order valence-electron chi connectivity index (χ4n) is 7.99. The van der Waals surface area contributed by atoms with Crippen molar-refractivity contribution in [2.45, 2.75) is 51.8 Å². The first-order valence-electron chi connectivity index (χ1n) is 17.9. The minimum absolute atomic E-state index is 0.0297. The number of allylic oxidation sites excluding steroid dienone is 4. The van der Waals surface area contributed by atoms with Gasteiger partial charge in [0, 0.05) is 56.2 Å². The zero-order chi connectivity index (χ0) is 35.9. The van der Waals surface area contributed by atoms with Gasteiger partial charge in [-0.3, -0.25) is 19.6 Å². The van der Waals surface area contributed by atoms with Crippen LogP contribution in [0.15, 0.2) is 77.5 Å². The van der Waals surface area contributed by atoms with Gasteiger partial charge in [-0.25, -0.2) is 9.97 Å². The number of nitrogens with one attached hydrogen (secondary N) is 1. The van der Waals surface area contributed by atoms with Crippen molar-refractivity contribution in [1.29, 1.82) is 5.26 Å². The van der Waals surface area contributed by atoms with E-state index in [1.807, 2.05) is 36.5 Å². The summed E-state index contributed by atoms with van der Waals surface area (Å²) in [6, 6.07) is 16.4. The summed E-state index contributed by atoms with van der Waals surface area (Å²) in [5.41, 5.74) is 8.65. The van der Waals surface area contributed by atoms with E-state index in [1.54, 1.807) is 6.20 Å². The average molecular weight is 696 g/mol. The van der Waals surface area contributed by atoms with Gasteiger partial charge in [-0.2, -0.15) is 5.26 Å². The van der Waals surface area contributed by atoms with Gasteiger partial charge in [0.1, 0.15) is 17.1 Å². The molecule has 2 aromatic carbocycles. The number of carbonyl (C=O) groups is 1. The van der Waals surface area contributed by atoms with E-state index in [0.717, 1.165) is 63.9 Å². The van der Waals surface area contributed by atoms with Crippen LogP contribution >= 0.6 is 0 Å². The Morgan fingerprint density at radius 2 is 1.90 bits per heavy atom. The molecule has 5 heterocycles. The van der Waals surface area contributed by atoms with Gasteiger partial charge < -0.3 is 19.9 Å². The first-order valence-corrected chi connectivity index (χ1v) is 17.9. The maximum Gasteiger partial charge on any atom is 0.307 e. The lowest BCUT2D eigenvalue weighted by atomic mass is 9.79. The Morgan fingerprint density at radius 1 is 1.08 bits per heavy atom. The molecule has 0 saturated carbocycles. The van der Waals surface area contributed by atoms with Crippen molar-refractivity contribution in [2.75, 3.05) is 31.5 Å². The summed E-state index contributed by atoms with van der Waals surface area (Å²) in [6.07, 6.45) is 11.2. The van der Waals surface area contributed by atoms with E-state index < -0.39 is 5.97 Å². The van der Waals surface area contributed by atoms with Crippen molar-refractivity contribution in [2.24, 2.45) is 11.8 Å². The number of carboxylic acid groups (broad SMARTS) is 1. The van der Waals surface area contributed by atoms with E-state index in [-0.39, 0.29) is 23.9 Å². The number of nitriles is 1. The number of pyridine rings is 2. The molecule has 52 heavy (non-hydrogen) atoms. The van der Waals surface area contributed by atoms with Gasteiger partial charge >= 0.3 is 5.97 Å². The molecule has 3 N–H and O–H groups in total. The van der Waals surface area contributed by atoms with Gasteiger partial charge in [0.15, 0.2) is 11.4 Å². The third kappa shape index (κ3) is 6.57. The van der Waals surface area contributed by atoms with Crippen LogP contribution in [0, 0.1) is 30.1 Å². The van der Waals surface area contributed by atoms with Crippen molar-refractivity contribution in [3.05, 3.63) is 107 Å². The van der Waals surface area contributed by atoms with Crippen LogP contribution in [0.25, 0.3) is 27.6 Å². The highest BCUT2D eigenvalue weighted by molar-refractivity contribution is 5.91. The van der Waals surface area contributed by atoms with Gasteiger partial charge in [0.2, 0.25) is 5.89 Å². The first-order chi connectivity index (χ1) is 25.2. The van der Waals surface area contributed by atoms with Crippen LogP contribution in [-0.2, 0) is 17.9 Å². The Labute approximate surface area is 301 Å². The third-order valence-electron chi connectivity index (χ3n) is 10.8. The second-order valence-corrected chi connectivity index (χ2v) is 14.4. The molecule has 2 saturated heterocycles. The van der Waals surface area contributed by atoms with E-state index in [2.05, 4.69) is 70.4 Å². The highest BCUT2D eigenvalue weighted by Gasteiger charge is 2.31. The second kappa shape index (κ2) is 14.0. The molecule has 11 nitrogen and oxygen atoms in total. The standard InChI is InChI=1S/C41H41N7O4/c1-24-32(5-3-7-34(24)40-46-36-17-26(15-30(18-42)38(36)52-40)20-47-13-10-29(22-47)41(50)51)33-6-4-8-35(25(33)2)45-39-37-28(9-12-43-39)16-27(19-44-37)21-48-14-11-31(49)23-48/h3-9,12,15-17,19,24,29,31,34,49H,10-11,13-14,20-23H2,1-2H3,(H,43,45)(H,50,51)/t24?,29-,31-,34?/m1/s1. The van der Waals surface area contributed by atoms with Crippen LogP contribution in [0.4, 0.5) is 11.5 Å². The maximum absolute atomic E-state index is 11.5. The quantitative estimate of drug-likeness (QED) is 0.154. The normalized spacial score (nSPS) is 22.2. The van der Waals surface area contributed by atoms with Crippen LogP contribution in [0.2, 0.25) is 0 Å². The zero-order valence-electron chi connectivity index (χ0n) is 29.3. The number of likely N-dealkylation sites (tertiary alicyclic amines) is 2. The van der Waals surface area contributed by atoms with Gasteiger partial charge in [-0.05, 0) is 90.4 Å². The molecule has 3 aromatic heterocycles. The van der Waals surface area contributed by atoms with Gasteiger partial charge in [-0.15, -0.1) is 0 Å². The van der Waals surface area contributed by atoms with E-state index in [0.29, 0.717) is 61.0 Å². The first kappa shape index (κ1) is 33.7. The summed E-state index contributed by atoms with van der Waals surface area (Å²) >= 11 is 0. The molecule has 2 unspecified atom stereocenters. The number of aliphatic hydroxyl groups is 1. The van der Waals surface area contributed by atoms with Crippen molar-refractivity contribution < 1.29 is 19.4 Å². The molecule has 0 radical (unpaired) electrons. The van der Waals surface area contributed by atoms with Crippen LogP contribution < -0.4 is 5.32 Å². The summed E-state index contributed by atoms with van der Waals surface area (Å²) in [5.74, 6) is 0.0144. The molecule has 0 spiro atoms. The van der Waals surface area contributed by atoms with Crippen LogP contribution in [0.1, 0.15) is 59.4 Å². The average Bonchev–Trinajstić information content (AvgIpc) is 3.89. The summed E-state index contributed by atoms with van der Waals surface area (Å²) in [6.45, 7) is 8.39. The number of aliphatic carboxylic acids is 1. The minimum atomic E-state index is -0.761. The van der Waals surface area contributed by atoms with E-state index in [4.69, 9.17) is 14.4 Å². The van der Waals surface area contributed by atoms with Crippen molar-refractivity contribution >= 4 is 45.1 Å². The number of aliphatic hydroxyl groups excluding tert-OH is 1. The molecule has 4 atom stereocenters. The van der Waals surface area contributed by atoms with Crippen molar-refractivity contribution in [3.63, 3.8) is 0 Å².